The van der Waals surface area contributed by atoms with Gasteiger partial charge in [-0.05, 0) is 16.7 Å². The van der Waals surface area contributed by atoms with Gasteiger partial charge in [0, 0.05) is 0 Å². The molecule has 2 rings (SSSR count). The molecule has 112 valence electrons. The molecule has 2 aromatic rings. The van der Waals surface area contributed by atoms with Crippen LogP contribution in [-0.2, 0) is 0 Å². The summed E-state index contributed by atoms with van der Waals surface area (Å²) in [6.45, 7) is 0. The first kappa shape index (κ1) is 15.4. The molecular formula is C15H12F5N. The molecule has 6 heteroatoms. The molecule has 0 fully saturated rings. The molecule has 0 amide bonds. The van der Waals surface area contributed by atoms with E-state index in [1.165, 1.54) is 24.3 Å². The summed E-state index contributed by atoms with van der Waals surface area (Å²) >= 11 is 0. The largest absolute Gasteiger partial charge is 0.455 e. The highest BCUT2D eigenvalue weighted by atomic mass is 19.4. The van der Waals surface area contributed by atoms with Crippen LogP contribution in [0.2, 0.25) is 0 Å². The summed E-state index contributed by atoms with van der Waals surface area (Å²) in [6.07, 6.45) is -5.68. The second kappa shape index (κ2) is 5.44. The van der Waals surface area contributed by atoms with Crippen molar-refractivity contribution in [1.29, 1.82) is 0 Å². The molecule has 2 aromatic carbocycles. The Hall–Kier alpha value is -1.95. The first-order valence-electron chi connectivity index (χ1n) is 6.09. The predicted molar refractivity (Wildman–Crippen MR) is 69.8 cm³/mol. The lowest BCUT2D eigenvalue weighted by Crippen LogP contribution is -2.45. The van der Waals surface area contributed by atoms with Crippen molar-refractivity contribution in [2.45, 2.75) is 18.1 Å². The van der Waals surface area contributed by atoms with Crippen LogP contribution in [0, 0.1) is 0 Å². The van der Waals surface area contributed by atoms with Gasteiger partial charge in [-0.2, -0.15) is 22.0 Å². The fraction of sp³-hybridized carbons (Fsp3) is 0.200. The van der Waals surface area contributed by atoms with E-state index in [9.17, 15) is 22.0 Å². The van der Waals surface area contributed by atoms with Crippen molar-refractivity contribution in [3.8, 4) is 11.1 Å². The molecule has 0 bridgehead atoms. The smallest absolute Gasteiger partial charge is 0.319 e. The molecule has 0 aliphatic rings. The summed E-state index contributed by atoms with van der Waals surface area (Å²) in [5.74, 6) is -4.97. The van der Waals surface area contributed by atoms with E-state index in [0.29, 0.717) is 5.56 Å². The van der Waals surface area contributed by atoms with Crippen molar-refractivity contribution < 1.29 is 22.0 Å². The fourth-order valence-corrected chi connectivity index (χ4v) is 1.90. The van der Waals surface area contributed by atoms with Crippen LogP contribution in [0.4, 0.5) is 22.0 Å². The SMILES string of the molecule is N[C@@H](c1ccc(-c2ccccc2)cc1)C(F)(F)C(F)(F)F. The average molecular weight is 301 g/mol. The molecule has 0 aliphatic carbocycles. The monoisotopic (exact) mass is 301 g/mol. The maximum Gasteiger partial charge on any atom is 0.455 e. The highest BCUT2D eigenvalue weighted by Gasteiger charge is 2.61. The molecule has 21 heavy (non-hydrogen) atoms. The van der Waals surface area contributed by atoms with E-state index in [1.807, 2.05) is 6.07 Å². The number of halogens is 5. The van der Waals surface area contributed by atoms with Gasteiger partial charge in [-0.3, -0.25) is 0 Å². The summed E-state index contributed by atoms with van der Waals surface area (Å²) < 4.78 is 63.2. The Labute approximate surface area is 118 Å². The number of alkyl halides is 5. The van der Waals surface area contributed by atoms with Crippen LogP contribution in [0.25, 0.3) is 11.1 Å². The molecule has 1 atom stereocenters. The van der Waals surface area contributed by atoms with Gasteiger partial charge in [0.15, 0.2) is 0 Å². The second-order valence-corrected chi connectivity index (χ2v) is 4.59. The third-order valence-corrected chi connectivity index (χ3v) is 3.15. The van der Waals surface area contributed by atoms with Crippen molar-refractivity contribution in [3.63, 3.8) is 0 Å². The number of nitrogens with two attached hydrogens (primary N) is 1. The van der Waals surface area contributed by atoms with E-state index in [1.54, 1.807) is 24.3 Å². The zero-order valence-electron chi connectivity index (χ0n) is 10.7. The first-order valence-corrected chi connectivity index (χ1v) is 6.09. The van der Waals surface area contributed by atoms with Crippen LogP contribution in [-0.4, -0.2) is 12.1 Å². The summed E-state index contributed by atoms with van der Waals surface area (Å²) in [5, 5.41) is 0. The molecule has 0 heterocycles. The Morgan fingerprint density at radius 2 is 1.19 bits per heavy atom. The second-order valence-electron chi connectivity index (χ2n) is 4.59. The minimum absolute atomic E-state index is 0.267. The molecule has 0 aromatic heterocycles. The highest BCUT2D eigenvalue weighted by molar-refractivity contribution is 5.63. The third-order valence-electron chi connectivity index (χ3n) is 3.15. The quantitative estimate of drug-likeness (QED) is 0.827. The van der Waals surface area contributed by atoms with Gasteiger partial charge in [0.2, 0.25) is 0 Å². The van der Waals surface area contributed by atoms with Crippen LogP contribution in [0.15, 0.2) is 54.6 Å². The molecule has 0 unspecified atom stereocenters. The van der Waals surface area contributed by atoms with Crippen LogP contribution < -0.4 is 5.73 Å². The van der Waals surface area contributed by atoms with Crippen molar-refractivity contribution in [1.82, 2.24) is 0 Å². The van der Waals surface area contributed by atoms with Gasteiger partial charge in [0.05, 0.1) is 0 Å². The Bertz CT molecular complexity index is 590. The van der Waals surface area contributed by atoms with Crippen LogP contribution in [0.5, 0.6) is 0 Å². The first-order chi connectivity index (χ1) is 9.73. The summed E-state index contributed by atoms with van der Waals surface area (Å²) in [6, 6.07) is 11.9. The minimum atomic E-state index is -5.68. The lowest BCUT2D eigenvalue weighted by atomic mass is 9.97. The zero-order valence-corrected chi connectivity index (χ0v) is 10.7. The van der Waals surface area contributed by atoms with Gasteiger partial charge in [0.1, 0.15) is 6.04 Å². The Kier molecular flexibility index (Phi) is 4.00. The number of rotatable bonds is 3. The molecule has 0 saturated heterocycles. The zero-order chi connectivity index (χ0) is 15.7. The summed E-state index contributed by atoms with van der Waals surface area (Å²) in [7, 11) is 0. The van der Waals surface area contributed by atoms with Crippen molar-refractivity contribution in [2.24, 2.45) is 5.73 Å². The topological polar surface area (TPSA) is 26.0 Å². The minimum Gasteiger partial charge on any atom is -0.319 e. The molecule has 2 N–H and O–H groups in total. The maximum atomic E-state index is 13.2. The van der Waals surface area contributed by atoms with Gasteiger partial charge in [-0.25, -0.2) is 0 Å². The van der Waals surface area contributed by atoms with E-state index >= 15 is 0 Å². The lowest BCUT2D eigenvalue weighted by molar-refractivity contribution is -0.291. The number of hydrogen-bond donors (Lipinski definition) is 1. The van der Waals surface area contributed by atoms with Gasteiger partial charge >= 0.3 is 12.1 Å². The van der Waals surface area contributed by atoms with Gasteiger partial charge < -0.3 is 5.73 Å². The number of benzene rings is 2. The van der Waals surface area contributed by atoms with Crippen molar-refractivity contribution in [2.75, 3.05) is 0 Å². The molecular weight excluding hydrogens is 289 g/mol. The van der Waals surface area contributed by atoms with E-state index in [2.05, 4.69) is 0 Å². The summed E-state index contributed by atoms with van der Waals surface area (Å²) in [4.78, 5) is 0. The normalized spacial score (nSPS) is 14.0. The van der Waals surface area contributed by atoms with Crippen LogP contribution in [0.3, 0.4) is 0 Å². The van der Waals surface area contributed by atoms with Gasteiger partial charge in [-0.15, -0.1) is 0 Å². The van der Waals surface area contributed by atoms with Crippen molar-refractivity contribution in [3.05, 3.63) is 60.2 Å². The van der Waals surface area contributed by atoms with Crippen LogP contribution >= 0.6 is 0 Å². The van der Waals surface area contributed by atoms with Crippen molar-refractivity contribution >= 4 is 0 Å². The molecule has 0 aliphatic heterocycles. The van der Waals surface area contributed by atoms with Gasteiger partial charge in [0.25, 0.3) is 0 Å². The Balaban J connectivity index is 2.27. The molecule has 0 saturated carbocycles. The Morgan fingerprint density at radius 1 is 0.714 bits per heavy atom. The molecule has 0 spiro atoms. The number of hydrogen-bond acceptors (Lipinski definition) is 1. The molecule has 1 nitrogen and oxygen atoms in total. The maximum absolute atomic E-state index is 13.2. The standard InChI is InChI=1S/C15H12F5N/c16-14(17,15(18,19)20)13(21)12-8-6-11(7-9-12)10-4-2-1-3-5-10/h1-9,13H,21H2/t13-/m0/s1. The van der Waals surface area contributed by atoms with E-state index < -0.39 is 18.1 Å². The Morgan fingerprint density at radius 3 is 1.67 bits per heavy atom. The van der Waals surface area contributed by atoms with E-state index in [0.717, 1.165) is 5.56 Å². The van der Waals surface area contributed by atoms with E-state index in [-0.39, 0.29) is 5.56 Å². The third kappa shape index (κ3) is 3.05. The van der Waals surface area contributed by atoms with Crippen LogP contribution in [0.1, 0.15) is 11.6 Å². The van der Waals surface area contributed by atoms with Gasteiger partial charge in [-0.1, -0.05) is 54.6 Å². The highest BCUT2D eigenvalue weighted by Crippen LogP contribution is 2.43. The lowest BCUT2D eigenvalue weighted by Gasteiger charge is -2.26. The van der Waals surface area contributed by atoms with E-state index in [4.69, 9.17) is 5.73 Å². The fourth-order valence-electron chi connectivity index (χ4n) is 1.90. The predicted octanol–water partition coefficient (Wildman–Crippen LogP) is 4.55. The average Bonchev–Trinajstić information content (AvgIpc) is 2.46. The molecule has 0 radical (unpaired) electrons. The summed E-state index contributed by atoms with van der Waals surface area (Å²) in [5.41, 5.74) is 6.35.